The third-order valence-electron chi connectivity index (χ3n) is 5.98. The summed E-state index contributed by atoms with van der Waals surface area (Å²) in [6.07, 6.45) is 8.04. The number of sulfonamides is 1. The first-order chi connectivity index (χ1) is 16.1. The van der Waals surface area contributed by atoms with Crippen molar-refractivity contribution >= 4 is 26.9 Å². The molecule has 1 fully saturated rings. The largest absolute Gasteiger partial charge is 0.369 e. The van der Waals surface area contributed by atoms with Crippen molar-refractivity contribution in [3.63, 3.8) is 0 Å². The number of aromatic nitrogens is 4. The molecule has 0 radical (unpaired) electrons. The maximum Gasteiger partial charge on any atom is 0.240 e. The van der Waals surface area contributed by atoms with E-state index in [2.05, 4.69) is 25.1 Å². The molecule has 1 saturated carbocycles. The highest BCUT2D eigenvalue weighted by atomic mass is 32.2. The van der Waals surface area contributed by atoms with E-state index in [1.807, 2.05) is 42.5 Å². The van der Waals surface area contributed by atoms with E-state index in [0.717, 1.165) is 60.2 Å². The van der Waals surface area contributed by atoms with E-state index in [0.29, 0.717) is 11.4 Å². The number of nitrogens with zero attached hydrogens (tertiary/aromatic N) is 4. The van der Waals surface area contributed by atoms with Gasteiger partial charge in [0.2, 0.25) is 10.0 Å². The van der Waals surface area contributed by atoms with Gasteiger partial charge in [-0.2, -0.15) is 5.10 Å². The van der Waals surface area contributed by atoms with E-state index in [4.69, 9.17) is 0 Å². The Bertz CT molecular complexity index is 1330. The van der Waals surface area contributed by atoms with Gasteiger partial charge in [-0.1, -0.05) is 43.2 Å². The van der Waals surface area contributed by atoms with E-state index in [1.165, 1.54) is 6.33 Å². The number of benzene rings is 2. The van der Waals surface area contributed by atoms with Gasteiger partial charge in [0.15, 0.2) is 5.65 Å². The molecule has 0 saturated heterocycles. The van der Waals surface area contributed by atoms with Crippen LogP contribution in [-0.2, 0) is 16.4 Å². The topological polar surface area (TPSA) is 102 Å². The molecule has 1 aliphatic rings. The monoisotopic (exact) mass is 462 g/mol. The first-order valence-corrected chi connectivity index (χ1v) is 12.7. The average Bonchev–Trinajstić information content (AvgIpc) is 3.50. The van der Waals surface area contributed by atoms with Crippen LogP contribution in [0.4, 0.5) is 5.82 Å². The highest BCUT2D eigenvalue weighted by molar-refractivity contribution is 7.89. The molecule has 2 N–H and O–H groups in total. The van der Waals surface area contributed by atoms with Gasteiger partial charge in [-0.15, -0.1) is 0 Å². The van der Waals surface area contributed by atoms with Crippen molar-refractivity contribution in [1.29, 1.82) is 0 Å². The molecule has 0 spiro atoms. The maximum absolute atomic E-state index is 12.6. The number of para-hydroxylation sites is 1. The smallest absolute Gasteiger partial charge is 0.240 e. The lowest BCUT2D eigenvalue weighted by molar-refractivity contribution is 0.552. The standard InChI is InChI=1S/C24H26N6O2S/c31-33(32,29-19-6-4-5-7-19)21-12-10-18(11-13-21)14-15-25-23-22-16-28-30(24(22)27-17-26-23)20-8-2-1-3-9-20/h1-3,8-13,16-17,19,29H,4-7,14-15H2,(H,25,26,27). The first kappa shape index (κ1) is 21.5. The van der Waals surface area contributed by atoms with Crippen LogP contribution in [0.5, 0.6) is 0 Å². The zero-order chi connectivity index (χ0) is 22.7. The summed E-state index contributed by atoms with van der Waals surface area (Å²) in [4.78, 5) is 9.09. The minimum atomic E-state index is -3.46. The lowest BCUT2D eigenvalue weighted by Crippen LogP contribution is -2.32. The molecule has 4 aromatic rings. The quantitative estimate of drug-likeness (QED) is 0.414. The zero-order valence-electron chi connectivity index (χ0n) is 18.2. The second-order valence-electron chi connectivity index (χ2n) is 8.27. The van der Waals surface area contributed by atoms with E-state index in [1.54, 1.807) is 23.0 Å². The summed E-state index contributed by atoms with van der Waals surface area (Å²) in [6.45, 7) is 0.648. The molecule has 0 amide bonds. The minimum Gasteiger partial charge on any atom is -0.369 e. The Kier molecular flexibility index (Phi) is 6.06. The van der Waals surface area contributed by atoms with Crippen LogP contribution in [-0.4, -0.2) is 40.8 Å². The lowest BCUT2D eigenvalue weighted by atomic mass is 10.1. The molecule has 1 aliphatic carbocycles. The fourth-order valence-electron chi connectivity index (χ4n) is 4.23. The van der Waals surface area contributed by atoms with Gasteiger partial charge in [0, 0.05) is 12.6 Å². The summed E-state index contributed by atoms with van der Waals surface area (Å²) in [7, 11) is -3.46. The molecule has 5 rings (SSSR count). The number of anilines is 1. The number of hydrogen-bond donors (Lipinski definition) is 2. The van der Waals surface area contributed by atoms with E-state index in [9.17, 15) is 8.42 Å². The molecule has 0 aliphatic heterocycles. The van der Waals surface area contributed by atoms with Gasteiger partial charge in [0.25, 0.3) is 0 Å². The third kappa shape index (κ3) is 4.74. The van der Waals surface area contributed by atoms with Crippen LogP contribution in [0.3, 0.4) is 0 Å². The SMILES string of the molecule is O=S(=O)(NC1CCCC1)c1ccc(CCNc2ncnc3c2cnn3-c2ccccc2)cc1. The first-order valence-electron chi connectivity index (χ1n) is 11.2. The highest BCUT2D eigenvalue weighted by Crippen LogP contribution is 2.22. The molecule has 2 aromatic heterocycles. The Balaban J connectivity index is 1.23. The van der Waals surface area contributed by atoms with Gasteiger partial charge in [0.05, 0.1) is 22.2 Å². The molecule has 9 heteroatoms. The molecule has 2 heterocycles. The van der Waals surface area contributed by atoms with Crippen molar-refractivity contribution in [3.05, 3.63) is 72.7 Å². The van der Waals surface area contributed by atoms with Gasteiger partial charge < -0.3 is 5.32 Å². The van der Waals surface area contributed by atoms with Gasteiger partial charge in [0.1, 0.15) is 12.1 Å². The Labute approximate surface area is 193 Å². The van der Waals surface area contributed by atoms with E-state index < -0.39 is 10.0 Å². The number of rotatable bonds is 8. The van der Waals surface area contributed by atoms with Crippen molar-refractivity contribution in [2.45, 2.75) is 43.0 Å². The third-order valence-corrected chi connectivity index (χ3v) is 7.52. The van der Waals surface area contributed by atoms with Crippen LogP contribution in [0.15, 0.2) is 72.0 Å². The van der Waals surface area contributed by atoms with Crippen molar-refractivity contribution in [2.24, 2.45) is 0 Å². The number of hydrogen-bond acceptors (Lipinski definition) is 6. The van der Waals surface area contributed by atoms with Crippen molar-refractivity contribution in [3.8, 4) is 5.69 Å². The Morgan fingerprint density at radius 3 is 2.48 bits per heavy atom. The molecule has 2 aromatic carbocycles. The molecule has 8 nitrogen and oxygen atoms in total. The number of fused-ring (bicyclic) bond motifs is 1. The van der Waals surface area contributed by atoms with Crippen LogP contribution >= 0.6 is 0 Å². The molecule has 0 bridgehead atoms. The Hall–Kier alpha value is -3.30. The Morgan fingerprint density at radius 2 is 1.73 bits per heavy atom. The van der Waals surface area contributed by atoms with E-state index >= 15 is 0 Å². The minimum absolute atomic E-state index is 0.0646. The predicted molar refractivity (Wildman–Crippen MR) is 128 cm³/mol. The maximum atomic E-state index is 12.6. The molecule has 33 heavy (non-hydrogen) atoms. The molecule has 0 atom stereocenters. The summed E-state index contributed by atoms with van der Waals surface area (Å²) >= 11 is 0. The van der Waals surface area contributed by atoms with Crippen molar-refractivity contribution in [1.82, 2.24) is 24.5 Å². The average molecular weight is 463 g/mol. The summed E-state index contributed by atoms with van der Waals surface area (Å²) < 4.78 is 29.8. The molecular weight excluding hydrogens is 436 g/mol. The normalized spacial score (nSPS) is 14.7. The fraction of sp³-hybridized carbons (Fsp3) is 0.292. The zero-order valence-corrected chi connectivity index (χ0v) is 19.0. The van der Waals surface area contributed by atoms with Crippen LogP contribution in [0.25, 0.3) is 16.7 Å². The predicted octanol–water partition coefficient (Wildman–Crippen LogP) is 3.69. The van der Waals surface area contributed by atoms with Crippen LogP contribution < -0.4 is 10.0 Å². The number of nitrogens with one attached hydrogen (secondary N) is 2. The van der Waals surface area contributed by atoms with E-state index in [-0.39, 0.29) is 6.04 Å². The highest BCUT2D eigenvalue weighted by Gasteiger charge is 2.22. The fourth-order valence-corrected chi connectivity index (χ4v) is 5.54. The second-order valence-corrected chi connectivity index (χ2v) is 9.99. The van der Waals surface area contributed by atoms with Gasteiger partial charge in [-0.05, 0) is 49.1 Å². The van der Waals surface area contributed by atoms with Crippen molar-refractivity contribution in [2.75, 3.05) is 11.9 Å². The van der Waals surface area contributed by atoms with Crippen molar-refractivity contribution < 1.29 is 8.42 Å². The summed E-state index contributed by atoms with van der Waals surface area (Å²) in [5.74, 6) is 0.724. The summed E-state index contributed by atoms with van der Waals surface area (Å²) in [5, 5.41) is 8.68. The van der Waals surface area contributed by atoms with Crippen LogP contribution in [0.1, 0.15) is 31.2 Å². The molecule has 170 valence electrons. The van der Waals surface area contributed by atoms with Crippen LogP contribution in [0, 0.1) is 0 Å². The summed E-state index contributed by atoms with van der Waals surface area (Å²) in [5.41, 5.74) is 2.73. The van der Waals surface area contributed by atoms with Crippen LogP contribution in [0.2, 0.25) is 0 Å². The molecule has 0 unspecified atom stereocenters. The van der Waals surface area contributed by atoms with Gasteiger partial charge >= 0.3 is 0 Å². The Morgan fingerprint density at radius 1 is 0.970 bits per heavy atom. The molecular formula is C24H26N6O2S. The lowest BCUT2D eigenvalue weighted by Gasteiger charge is -2.13. The van der Waals surface area contributed by atoms with Gasteiger partial charge in [-0.25, -0.2) is 27.8 Å². The van der Waals surface area contributed by atoms with Gasteiger partial charge in [-0.3, -0.25) is 0 Å². The summed E-state index contributed by atoms with van der Waals surface area (Å²) in [6, 6.07) is 17.0. The second kappa shape index (κ2) is 9.29.